The minimum Gasteiger partial charge on any atom is -0.244 e. The van der Waals surface area contributed by atoms with E-state index >= 15 is 0 Å². The highest BCUT2D eigenvalue weighted by Gasteiger charge is 2.17. The van der Waals surface area contributed by atoms with Crippen molar-refractivity contribution < 1.29 is 8.42 Å². The van der Waals surface area contributed by atoms with Gasteiger partial charge in [0.25, 0.3) is 0 Å². The highest BCUT2D eigenvalue weighted by molar-refractivity contribution is 7.90. The van der Waals surface area contributed by atoms with Gasteiger partial charge in [0.05, 0.1) is 4.90 Å². The van der Waals surface area contributed by atoms with Crippen LogP contribution in [0.5, 0.6) is 0 Å². The molecule has 120 valence electrons. The van der Waals surface area contributed by atoms with E-state index in [1.54, 1.807) is 24.4 Å². The number of hydrogen-bond donors (Lipinski definition) is 0. The molecule has 0 bridgehead atoms. The molecule has 1 aliphatic rings. The van der Waals surface area contributed by atoms with Crippen LogP contribution in [0.2, 0.25) is 5.15 Å². The van der Waals surface area contributed by atoms with Gasteiger partial charge in [0.1, 0.15) is 5.15 Å². The van der Waals surface area contributed by atoms with Crippen molar-refractivity contribution in [2.45, 2.75) is 30.6 Å². The lowest BCUT2D eigenvalue weighted by Crippen LogP contribution is -1.98. The van der Waals surface area contributed by atoms with Crippen LogP contribution in [0.25, 0.3) is 5.57 Å². The molecule has 2 aromatic rings. The molecule has 1 aromatic heterocycles. The summed E-state index contributed by atoms with van der Waals surface area (Å²) < 4.78 is 23.3. The number of sulfone groups is 1. The highest BCUT2D eigenvalue weighted by atomic mass is 35.5. The summed E-state index contributed by atoms with van der Waals surface area (Å²) in [4.78, 5) is 4.53. The second-order valence-electron chi connectivity index (χ2n) is 5.85. The van der Waals surface area contributed by atoms with Crippen LogP contribution in [0.4, 0.5) is 0 Å². The summed E-state index contributed by atoms with van der Waals surface area (Å²) in [7, 11) is -3.18. The van der Waals surface area contributed by atoms with Crippen molar-refractivity contribution in [3.8, 4) is 0 Å². The van der Waals surface area contributed by atoms with Crippen molar-refractivity contribution in [3.05, 3.63) is 64.4 Å². The minimum atomic E-state index is -3.18. The van der Waals surface area contributed by atoms with Gasteiger partial charge in [-0.25, -0.2) is 13.4 Å². The Hall–Kier alpha value is -1.65. The van der Waals surface area contributed by atoms with Crippen molar-refractivity contribution in [1.82, 2.24) is 4.98 Å². The summed E-state index contributed by atoms with van der Waals surface area (Å²) in [6.07, 6.45) is 7.55. The Balaban J connectivity index is 2.09. The van der Waals surface area contributed by atoms with E-state index in [9.17, 15) is 8.42 Å². The maximum Gasteiger partial charge on any atom is 0.175 e. The Morgan fingerprint density at radius 1 is 1.00 bits per heavy atom. The fraction of sp³-hybridized carbons (Fsp3) is 0.278. The van der Waals surface area contributed by atoms with Crippen molar-refractivity contribution in [1.29, 1.82) is 0 Å². The molecule has 0 spiro atoms. The average Bonchev–Trinajstić information content (AvgIpc) is 3.03. The first-order chi connectivity index (χ1) is 10.9. The van der Waals surface area contributed by atoms with Crippen LogP contribution in [0.3, 0.4) is 0 Å². The van der Waals surface area contributed by atoms with Gasteiger partial charge < -0.3 is 0 Å². The van der Waals surface area contributed by atoms with Gasteiger partial charge in [-0.3, -0.25) is 0 Å². The zero-order valence-corrected chi connectivity index (χ0v) is 14.5. The van der Waals surface area contributed by atoms with Crippen LogP contribution in [-0.2, 0) is 9.84 Å². The molecule has 0 aliphatic heterocycles. The van der Waals surface area contributed by atoms with Gasteiger partial charge in [-0.15, -0.1) is 0 Å². The molecule has 0 unspecified atom stereocenters. The maximum atomic E-state index is 11.6. The molecule has 0 atom stereocenters. The largest absolute Gasteiger partial charge is 0.244 e. The van der Waals surface area contributed by atoms with Crippen LogP contribution in [0, 0.1) is 0 Å². The van der Waals surface area contributed by atoms with Gasteiger partial charge in [0, 0.05) is 18.0 Å². The lowest BCUT2D eigenvalue weighted by Gasteiger charge is -2.13. The second-order valence-corrected chi connectivity index (χ2v) is 8.25. The SMILES string of the molecule is CS(=O)(=O)c1ccc(C(=C2CCCC2)c2ccc(Cl)nc2)cc1. The Bertz CT molecular complexity index is 830. The summed E-state index contributed by atoms with van der Waals surface area (Å²) in [6, 6.07) is 10.9. The third-order valence-corrected chi connectivity index (χ3v) is 5.50. The first kappa shape index (κ1) is 16.2. The zero-order valence-electron chi connectivity index (χ0n) is 12.9. The smallest absolute Gasteiger partial charge is 0.175 e. The van der Waals surface area contributed by atoms with Gasteiger partial charge in [-0.1, -0.05) is 29.3 Å². The number of nitrogens with zero attached hydrogens (tertiary/aromatic N) is 1. The van der Waals surface area contributed by atoms with Crippen molar-refractivity contribution in [2.24, 2.45) is 0 Å². The molecule has 23 heavy (non-hydrogen) atoms. The molecular formula is C18H18ClNO2S. The van der Waals surface area contributed by atoms with E-state index in [0.717, 1.165) is 29.5 Å². The average molecular weight is 348 g/mol. The first-order valence-corrected chi connectivity index (χ1v) is 9.86. The van der Waals surface area contributed by atoms with Crippen LogP contribution in [0.1, 0.15) is 36.8 Å². The molecule has 0 saturated heterocycles. The van der Waals surface area contributed by atoms with Gasteiger partial charge in [0.2, 0.25) is 0 Å². The Morgan fingerprint density at radius 2 is 1.61 bits per heavy atom. The van der Waals surface area contributed by atoms with Crippen LogP contribution < -0.4 is 0 Å². The number of pyridine rings is 1. The standard InChI is InChI=1S/C18H18ClNO2S/c1-23(21,22)16-9-6-14(7-10-16)18(13-4-2-3-5-13)15-8-11-17(19)20-12-15/h6-12H,2-5H2,1H3. The quantitative estimate of drug-likeness (QED) is 0.767. The number of benzene rings is 1. The molecule has 3 nitrogen and oxygen atoms in total. The molecule has 1 aromatic carbocycles. The summed E-state index contributed by atoms with van der Waals surface area (Å²) in [5.74, 6) is 0. The Labute approximate surface area is 141 Å². The van der Waals surface area contributed by atoms with Gasteiger partial charge in [-0.05, 0) is 61.1 Å². The fourth-order valence-electron chi connectivity index (χ4n) is 3.02. The van der Waals surface area contributed by atoms with E-state index in [1.165, 1.54) is 24.7 Å². The number of hydrogen-bond acceptors (Lipinski definition) is 3. The molecule has 1 fully saturated rings. The number of allylic oxidation sites excluding steroid dienone is 1. The van der Waals surface area contributed by atoms with Crippen LogP contribution >= 0.6 is 11.6 Å². The third-order valence-electron chi connectivity index (χ3n) is 4.15. The van der Waals surface area contributed by atoms with Gasteiger partial charge >= 0.3 is 0 Å². The molecule has 1 heterocycles. The second kappa shape index (κ2) is 6.46. The normalized spacial score (nSPS) is 15.0. The Morgan fingerprint density at radius 3 is 2.13 bits per heavy atom. The van der Waals surface area contributed by atoms with Crippen LogP contribution in [0.15, 0.2) is 53.1 Å². The van der Waals surface area contributed by atoms with E-state index in [0.29, 0.717) is 10.0 Å². The van der Waals surface area contributed by atoms with E-state index in [2.05, 4.69) is 4.98 Å². The predicted octanol–water partition coefficient (Wildman–Crippen LogP) is 4.51. The summed E-state index contributed by atoms with van der Waals surface area (Å²) in [6.45, 7) is 0. The summed E-state index contributed by atoms with van der Waals surface area (Å²) in [5.41, 5.74) is 4.62. The molecule has 0 radical (unpaired) electrons. The monoisotopic (exact) mass is 347 g/mol. The van der Waals surface area contributed by atoms with E-state index in [4.69, 9.17) is 11.6 Å². The van der Waals surface area contributed by atoms with Crippen molar-refractivity contribution in [2.75, 3.05) is 6.26 Å². The number of halogens is 1. The van der Waals surface area contributed by atoms with E-state index < -0.39 is 9.84 Å². The lowest BCUT2D eigenvalue weighted by atomic mass is 9.93. The third kappa shape index (κ3) is 3.65. The molecule has 0 N–H and O–H groups in total. The molecular weight excluding hydrogens is 330 g/mol. The summed E-state index contributed by atoms with van der Waals surface area (Å²) >= 11 is 5.90. The molecule has 5 heteroatoms. The van der Waals surface area contributed by atoms with E-state index in [-0.39, 0.29) is 0 Å². The highest BCUT2D eigenvalue weighted by Crippen LogP contribution is 2.36. The Kier molecular flexibility index (Phi) is 4.55. The van der Waals surface area contributed by atoms with Crippen molar-refractivity contribution >= 4 is 27.0 Å². The minimum absolute atomic E-state index is 0.339. The zero-order chi connectivity index (χ0) is 16.4. The number of aromatic nitrogens is 1. The molecule has 3 rings (SSSR count). The van der Waals surface area contributed by atoms with E-state index in [1.807, 2.05) is 18.2 Å². The number of rotatable bonds is 3. The van der Waals surface area contributed by atoms with Crippen LogP contribution in [-0.4, -0.2) is 19.7 Å². The van der Waals surface area contributed by atoms with Gasteiger partial charge in [-0.2, -0.15) is 0 Å². The lowest BCUT2D eigenvalue weighted by molar-refractivity contribution is 0.602. The topological polar surface area (TPSA) is 47.0 Å². The fourth-order valence-corrected chi connectivity index (χ4v) is 3.76. The molecule has 1 saturated carbocycles. The first-order valence-electron chi connectivity index (χ1n) is 7.59. The van der Waals surface area contributed by atoms with Crippen molar-refractivity contribution in [3.63, 3.8) is 0 Å². The van der Waals surface area contributed by atoms with Gasteiger partial charge in [0.15, 0.2) is 9.84 Å². The molecule has 0 amide bonds. The maximum absolute atomic E-state index is 11.6. The predicted molar refractivity (Wildman–Crippen MR) is 93.3 cm³/mol. The molecule has 1 aliphatic carbocycles. The summed E-state index contributed by atoms with van der Waals surface area (Å²) in [5, 5.41) is 0.469.